The lowest BCUT2D eigenvalue weighted by molar-refractivity contribution is 0.233. The van der Waals surface area contributed by atoms with Crippen LogP contribution in [0.4, 0.5) is 0 Å². The van der Waals surface area contributed by atoms with Crippen LogP contribution in [0.1, 0.15) is 38.5 Å². The quantitative estimate of drug-likeness (QED) is 0.450. The molecule has 1 rings (SSSR count). The number of hydrogen-bond donors (Lipinski definition) is 2. The molecule has 2 N–H and O–H groups in total. The van der Waals surface area contributed by atoms with Crippen molar-refractivity contribution in [3.63, 3.8) is 0 Å². The van der Waals surface area contributed by atoms with E-state index in [1.807, 2.05) is 0 Å². The second kappa shape index (κ2) is 4.69. The third kappa shape index (κ3) is 2.67. The van der Waals surface area contributed by atoms with Crippen LogP contribution in [-0.2, 0) is 0 Å². The summed E-state index contributed by atoms with van der Waals surface area (Å²) in [6.45, 7) is 0.144. The van der Waals surface area contributed by atoms with Gasteiger partial charge >= 0.3 is 0 Å². The van der Waals surface area contributed by atoms with E-state index in [1.165, 1.54) is 38.5 Å². The predicted molar refractivity (Wildman–Crippen MR) is 41.7 cm³/mol. The van der Waals surface area contributed by atoms with Gasteiger partial charge in [0.15, 0.2) is 0 Å². The van der Waals surface area contributed by atoms with E-state index in [4.69, 9.17) is 5.11 Å². The van der Waals surface area contributed by atoms with Crippen molar-refractivity contribution < 1.29 is 5.11 Å². The van der Waals surface area contributed by atoms with E-state index in [0.29, 0.717) is 6.04 Å². The highest BCUT2D eigenvalue weighted by Gasteiger charge is 2.09. The zero-order chi connectivity index (χ0) is 7.23. The van der Waals surface area contributed by atoms with Crippen molar-refractivity contribution >= 4 is 0 Å². The Hall–Kier alpha value is -0.0800. The van der Waals surface area contributed by atoms with Gasteiger partial charge in [0, 0.05) is 6.04 Å². The summed E-state index contributed by atoms with van der Waals surface area (Å²) >= 11 is 0. The molecule has 2 heteroatoms. The van der Waals surface area contributed by atoms with Crippen LogP contribution in [0, 0.1) is 0 Å². The normalized spacial score (nSPS) is 22.5. The zero-order valence-electron chi connectivity index (χ0n) is 6.47. The molecule has 60 valence electrons. The number of aliphatic hydroxyl groups is 1. The lowest BCUT2D eigenvalue weighted by Crippen LogP contribution is -2.28. The molecule has 0 aromatic rings. The molecular formula is C8H17NO. The summed E-state index contributed by atoms with van der Waals surface area (Å²) in [6.07, 6.45) is 7.92. The average Bonchev–Trinajstić information content (AvgIpc) is 2.17. The van der Waals surface area contributed by atoms with Gasteiger partial charge in [0.25, 0.3) is 0 Å². The lowest BCUT2D eigenvalue weighted by Gasteiger charge is -2.12. The monoisotopic (exact) mass is 143 g/mol. The predicted octanol–water partition coefficient (Wildman–Crippen LogP) is 1.25. The van der Waals surface area contributed by atoms with Crippen LogP contribution in [0.25, 0.3) is 0 Å². The molecule has 1 aliphatic rings. The lowest BCUT2D eigenvalue weighted by atomic mass is 10.1. The first-order chi connectivity index (χ1) is 4.93. The minimum atomic E-state index is 0.144. The van der Waals surface area contributed by atoms with Crippen molar-refractivity contribution in [2.75, 3.05) is 6.73 Å². The highest BCUT2D eigenvalue weighted by Crippen LogP contribution is 2.16. The van der Waals surface area contributed by atoms with Gasteiger partial charge in [-0.1, -0.05) is 25.7 Å². The molecule has 0 unspecified atom stereocenters. The van der Waals surface area contributed by atoms with E-state index < -0.39 is 0 Å². The second-order valence-electron chi connectivity index (χ2n) is 3.05. The molecule has 0 aliphatic heterocycles. The molecule has 0 aromatic heterocycles. The Balaban J connectivity index is 2.15. The molecule has 1 saturated carbocycles. The van der Waals surface area contributed by atoms with Crippen molar-refractivity contribution in [1.82, 2.24) is 5.32 Å². The standard InChI is InChI=1S/C8H17NO/c10-7-9-8-5-3-1-2-4-6-8/h8-10H,1-7H2. The summed E-state index contributed by atoms with van der Waals surface area (Å²) in [4.78, 5) is 0. The Morgan fingerprint density at radius 1 is 1.10 bits per heavy atom. The number of aliphatic hydroxyl groups excluding tert-OH is 1. The molecule has 0 radical (unpaired) electrons. The Kier molecular flexibility index (Phi) is 3.76. The molecule has 2 nitrogen and oxygen atoms in total. The van der Waals surface area contributed by atoms with E-state index in [-0.39, 0.29) is 6.73 Å². The number of hydrogen-bond acceptors (Lipinski definition) is 2. The molecular weight excluding hydrogens is 126 g/mol. The molecule has 0 bridgehead atoms. The zero-order valence-corrected chi connectivity index (χ0v) is 6.47. The van der Waals surface area contributed by atoms with Gasteiger partial charge in [0.1, 0.15) is 0 Å². The number of nitrogens with one attached hydrogen (secondary N) is 1. The molecule has 0 spiro atoms. The van der Waals surface area contributed by atoms with Crippen molar-refractivity contribution in [2.24, 2.45) is 0 Å². The van der Waals surface area contributed by atoms with E-state index in [0.717, 1.165) is 0 Å². The Bertz CT molecular complexity index is 77.3. The molecule has 0 heterocycles. The molecule has 0 saturated heterocycles. The van der Waals surface area contributed by atoms with Crippen LogP contribution in [-0.4, -0.2) is 17.9 Å². The Morgan fingerprint density at radius 2 is 1.70 bits per heavy atom. The molecule has 1 aliphatic carbocycles. The van der Waals surface area contributed by atoms with Crippen LogP contribution in [0.5, 0.6) is 0 Å². The van der Waals surface area contributed by atoms with Crippen molar-refractivity contribution in [3.05, 3.63) is 0 Å². The fraction of sp³-hybridized carbons (Fsp3) is 1.00. The third-order valence-electron chi connectivity index (χ3n) is 2.24. The van der Waals surface area contributed by atoms with Crippen LogP contribution < -0.4 is 5.32 Å². The topological polar surface area (TPSA) is 32.3 Å². The average molecular weight is 143 g/mol. The van der Waals surface area contributed by atoms with E-state index >= 15 is 0 Å². The summed E-state index contributed by atoms with van der Waals surface area (Å²) in [6, 6.07) is 0.590. The molecule has 10 heavy (non-hydrogen) atoms. The summed E-state index contributed by atoms with van der Waals surface area (Å²) in [7, 11) is 0. The van der Waals surface area contributed by atoms with Crippen LogP contribution in [0.15, 0.2) is 0 Å². The van der Waals surface area contributed by atoms with Gasteiger partial charge in [-0.15, -0.1) is 0 Å². The third-order valence-corrected chi connectivity index (χ3v) is 2.24. The highest BCUT2D eigenvalue weighted by molar-refractivity contribution is 4.68. The van der Waals surface area contributed by atoms with Crippen LogP contribution in [0.3, 0.4) is 0 Å². The van der Waals surface area contributed by atoms with Gasteiger partial charge in [0.2, 0.25) is 0 Å². The maximum absolute atomic E-state index is 8.60. The van der Waals surface area contributed by atoms with Crippen molar-refractivity contribution in [2.45, 2.75) is 44.6 Å². The Labute approximate surface area is 62.6 Å². The van der Waals surface area contributed by atoms with Gasteiger partial charge in [-0.05, 0) is 12.8 Å². The van der Waals surface area contributed by atoms with Crippen LogP contribution in [0.2, 0.25) is 0 Å². The maximum atomic E-state index is 8.60. The largest absolute Gasteiger partial charge is 0.381 e. The van der Waals surface area contributed by atoms with Gasteiger partial charge in [-0.2, -0.15) is 0 Å². The fourth-order valence-electron chi connectivity index (χ4n) is 1.61. The van der Waals surface area contributed by atoms with Crippen molar-refractivity contribution in [1.29, 1.82) is 0 Å². The smallest absolute Gasteiger partial charge is 0.0933 e. The molecule has 0 amide bonds. The first kappa shape index (κ1) is 8.02. The Morgan fingerprint density at radius 3 is 2.20 bits per heavy atom. The van der Waals surface area contributed by atoms with Gasteiger partial charge in [-0.3, -0.25) is 5.32 Å². The van der Waals surface area contributed by atoms with Crippen LogP contribution >= 0.6 is 0 Å². The number of rotatable bonds is 2. The summed E-state index contributed by atoms with van der Waals surface area (Å²) in [5, 5.41) is 11.7. The van der Waals surface area contributed by atoms with Gasteiger partial charge < -0.3 is 5.11 Å². The van der Waals surface area contributed by atoms with Crippen molar-refractivity contribution in [3.8, 4) is 0 Å². The second-order valence-corrected chi connectivity index (χ2v) is 3.05. The summed E-state index contributed by atoms with van der Waals surface area (Å²) in [5.41, 5.74) is 0. The fourth-order valence-corrected chi connectivity index (χ4v) is 1.61. The minimum absolute atomic E-state index is 0.144. The van der Waals surface area contributed by atoms with E-state index in [1.54, 1.807) is 0 Å². The first-order valence-corrected chi connectivity index (χ1v) is 4.27. The highest BCUT2D eigenvalue weighted by atomic mass is 16.3. The molecule has 1 fully saturated rings. The van der Waals surface area contributed by atoms with E-state index in [9.17, 15) is 0 Å². The molecule has 0 atom stereocenters. The molecule has 0 aromatic carbocycles. The minimum Gasteiger partial charge on any atom is -0.381 e. The maximum Gasteiger partial charge on any atom is 0.0933 e. The summed E-state index contributed by atoms with van der Waals surface area (Å²) < 4.78 is 0. The van der Waals surface area contributed by atoms with Gasteiger partial charge in [-0.25, -0.2) is 0 Å². The van der Waals surface area contributed by atoms with Gasteiger partial charge in [0.05, 0.1) is 6.73 Å². The van der Waals surface area contributed by atoms with E-state index in [2.05, 4.69) is 5.32 Å². The SMILES string of the molecule is OCNC1CCCCCC1. The first-order valence-electron chi connectivity index (χ1n) is 4.27. The summed E-state index contributed by atoms with van der Waals surface area (Å²) in [5.74, 6) is 0.